The number of benzene rings is 1. The molecule has 1 aromatic rings. The van der Waals surface area contributed by atoms with E-state index in [4.69, 9.17) is 9.47 Å². The first-order chi connectivity index (χ1) is 15.3. The van der Waals surface area contributed by atoms with E-state index >= 15 is 0 Å². The lowest BCUT2D eigenvalue weighted by atomic mass is 9.98. The molecule has 0 saturated heterocycles. The van der Waals surface area contributed by atoms with Gasteiger partial charge >= 0.3 is 11.8 Å². The van der Waals surface area contributed by atoms with Gasteiger partial charge in [-0.1, -0.05) is 0 Å². The maximum atomic E-state index is 12.5. The zero-order chi connectivity index (χ0) is 23.4. The van der Waals surface area contributed by atoms with Crippen molar-refractivity contribution in [3.05, 3.63) is 33.4 Å². The average Bonchev–Trinajstić information content (AvgIpc) is 3.37. The van der Waals surface area contributed by atoms with Gasteiger partial charge in [-0.2, -0.15) is 5.26 Å². The highest BCUT2D eigenvalue weighted by Gasteiger charge is 2.42. The molecule has 2 aliphatic carbocycles. The lowest BCUT2D eigenvalue weighted by Crippen LogP contribution is -2.31. The van der Waals surface area contributed by atoms with Gasteiger partial charge in [0.15, 0.2) is 5.75 Å². The second-order valence-electron chi connectivity index (χ2n) is 7.97. The van der Waals surface area contributed by atoms with E-state index in [2.05, 4.69) is 0 Å². The van der Waals surface area contributed by atoms with Crippen LogP contribution in [0.15, 0.2) is 17.7 Å². The largest absolute Gasteiger partial charge is 0.514 e. The Morgan fingerprint density at radius 3 is 2.56 bits per heavy atom. The van der Waals surface area contributed by atoms with Gasteiger partial charge in [0.1, 0.15) is 17.7 Å². The molecule has 0 aliphatic heterocycles. The number of phenols is 1. The molecule has 0 aromatic heterocycles. The number of phenolic OH excluding ortho intramolecular Hbond substituents is 1. The molecule has 2 bridgehead atoms. The van der Waals surface area contributed by atoms with Crippen LogP contribution >= 0.6 is 0 Å². The van der Waals surface area contributed by atoms with Crippen molar-refractivity contribution in [1.29, 1.82) is 5.26 Å². The van der Waals surface area contributed by atoms with E-state index in [-0.39, 0.29) is 23.2 Å². The van der Waals surface area contributed by atoms with E-state index in [9.17, 15) is 30.1 Å². The van der Waals surface area contributed by atoms with E-state index in [1.807, 2.05) is 0 Å². The summed E-state index contributed by atoms with van der Waals surface area (Å²) in [6.45, 7) is 4.28. The van der Waals surface area contributed by atoms with E-state index in [0.29, 0.717) is 19.0 Å². The number of nitrogens with zero attached hydrogens (tertiary/aromatic N) is 3. The fraction of sp³-hybridized carbons (Fsp3) is 0.500. The number of hydrogen-bond acceptors (Lipinski definition) is 8. The summed E-state index contributed by atoms with van der Waals surface area (Å²) in [7, 11) is 0. The number of carbonyl (C=O) groups is 2. The van der Waals surface area contributed by atoms with Crippen molar-refractivity contribution in [2.75, 3.05) is 13.1 Å². The average molecular weight is 443 g/mol. The van der Waals surface area contributed by atoms with Gasteiger partial charge in [0.2, 0.25) is 5.75 Å². The molecule has 3 unspecified atom stereocenters. The quantitative estimate of drug-likeness (QED) is 0.167. The van der Waals surface area contributed by atoms with Crippen LogP contribution < -0.4 is 4.74 Å². The van der Waals surface area contributed by atoms with Crippen molar-refractivity contribution in [1.82, 2.24) is 4.90 Å². The van der Waals surface area contributed by atoms with Crippen LogP contribution in [0.5, 0.6) is 11.5 Å². The number of rotatable bonds is 7. The molecule has 1 N–H and O–H groups in total. The molecule has 0 spiro atoms. The number of hydrogen-bond donors (Lipinski definition) is 1. The lowest BCUT2D eigenvalue weighted by Gasteiger charge is -2.21. The molecule has 170 valence electrons. The molecule has 0 radical (unpaired) electrons. The minimum Gasteiger partial charge on any atom is -0.499 e. The van der Waals surface area contributed by atoms with Crippen LogP contribution in [-0.4, -0.2) is 46.2 Å². The minimum atomic E-state index is -1.06. The van der Waals surface area contributed by atoms with Gasteiger partial charge in [0, 0.05) is 19.2 Å². The van der Waals surface area contributed by atoms with Gasteiger partial charge in [0.05, 0.1) is 4.92 Å². The fourth-order valence-corrected chi connectivity index (χ4v) is 4.47. The van der Waals surface area contributed by atoms with E-state index in [1.54, 1.807) is 19.9 Å². The Labute approximate surface area is 185 Å². The van der Waals surface area contributed by atoms with Gasteiger partial charge in [0.25, 0.3) is 5.91 Å². The molecule has 2 saturated carbocycles. The number of amides is 1. The molecular weight excluding hydrogens is 418 g/mol. The first-order valence-electron chi connectivity index (χ1n) is 10.6. The molecule has 3 rings (SSSR count). The van der Waals surface area contributed by atoms with Crippen LogP contribution in [0.1, 0.15) is 45.1 Å². The number of ether oxygens (including phenoxy) is 2. The van der Waals surface area contributed by atoms with Crippen LogP contribution in [0.2, 0.25) is 0 Å². The van der Waals surface area contributed by atoms with Crippen molar-refractivity contribution in [2.24, 2.45) is 11.8 Å². The summed E-state index contributed by atoms with van der Waals surface area (Å²) in [6, 6.07) is 3.94. The first kappa shape index (κ1) is 23.1. The summed E-state index contributed by atoms with van der Waals surface area (Å²) in [5.41, 5.74) is -0.924. The van der Waals surface area contributed by atoms with Crippen LogP contribution in [0, 0.1) is 33.3 Å². The maximum absolute atomic E-state index is 12.5. The second kappa shape index (κ2) is 9.68. The Bertz CT molecular complexity index is 994. The Kier molecular flexibility index (Phi) is 6.98. The predicted molar refractivity (Wildman–Crippen MR) is 113 cm³/mol. The number of nitro groups is 1. The molecule has 1 amide bonds. The van der Waals surface area contributed by atoms with Crippen molar-refractivity contribution in [3.63, 3.8) is 0 Å². The highest BCUT2D eigenvalue weighted by molar-refractivity contribution is 6.01. The van der Waals surface area contributed by atoms with Crippen LogP contribution in [0.4, 0.5) is 10.5 Å². The van der Waals surface area contributed by atoms with Crippen LogP contribution in [0.25, 0.3) is 6.08 Å². The summed E-state index contributed by atoms with van der Waals surface area (Å²) in [4.78, 5) is 36.7. The number of nitriles is 1. The minimum absolute atomic E-state index is 0.0503. The second-order valence-corrected chi connectivity index (χ2v) is 7.97. The Morgan fingerprint density at radius 1 is 1.31 bits per heavy atom. The topological polar surface area (TPSA) is 143 Å². The Hall–Kier alpha value is -3.61. The zero-order valence-electron chi connectivity index (χ0n) is 17.9. The summed E-state index contributed by atoms with van der Waals surface area (Å²) in [6.07, 6.45) is 3.69. The number of carbonyl (C=O) groups excluding carboxylic acids is 2. The molecule has 10 heteroatoms. The first-order valence-corrected chi connectivity index (χ1v) is 10.6. The Balaban J connectivity index is 1.86. The number of likely N-dealkylation sites (N-methyl/N-ethyl adjacent to an activating group) is 1. The Morgan fingerprint density at radius 2 is 2.03 bits per heavy atom. The highest BCUT2D eigenvalue weighted by atomic mass is 16.7. The lowest BCUT2D eigenvalue weighted by molar-refractivity contribution is -0.385. The van der Waals surface area contributed by atoms with E-state index in [0.717, 1.165) is 43.9 Å². The van der Waals surface area contributed by atoms with Crippen LogP contribution in [-0.2, 0) is 9.53 Å². The number of aromatic hydroxyl groups is 1. The zero-order valence-corrected chi connectivity index (χ0v) is 17.9. The smallest absolute Gasteiger partial charge is 0.499 e. The summed E-state index contributed by atoms with van der Waals surface area (Å²) in [5, 5.41) is 31.0. The van der Waals surface area contributed by atoms with Crippen molar-refractivity contribution < 1.29 is 29.1 Å². The molecular formula is C22H25N3O7. The summed E-state index contributed by atoms with van der Waals surface area (Å²) >= 11 is 0. The predicted octanol–water partition coefficient (Wildman–Crippen LogP) is 3.78. The third-order valence-electron chi connectivity index (χ3n) is 6.10. The molecule has 2 aliphatic rings. The number of nitro benzene ring substituents is 1. The van der Waals surface area contributed by atoms with Gasteiger partial charge in [-0.3, -0.25) is 14.9 Å². The van der Waals surface area contributed by atoms with Gasteiger partial charge in [-0.15, -0.1) is 0 Å². The molecule has 3 atom stereocenters. The molecule has 0 heterocycles. The standard InChI is InChI=1S/C22H25N3O7/c1-3-24(4-2)21(27)16(12-23)8-14-9-17(25(29)30)20(26)19(11-14)32-22(28)31-18-10-13-5-6-15(18)7-13/h8-9,11,13,15,18,26H,3-7,10H2,1-2H3. The van der Waals surface area contributed by atoms with Gasteiger partial charge in [-0.25, -0.2) is 4.79 Å². The van der Waals surface area contributed by atoms with E-state index < -0.39 is 34.2 Å². The van der Waals surface area contributed by atoms with Crippen LogP contribution in [0.3, 0.4) is 0 Å². The van der Waals surface area contributed by atoms with Gasteiger partial charge < -0.3 is 19.5 Å². The number of fused-ring (bicyclic) bond motifs is 2. The van der Waals surface area contributed by atoms with Crippen molar-refractivity contribution >= 4 is 23.8 Å². The molecule has 10 nitrogen and oxygen atoms in total. The summed E-state index contributed by atoms with van der Waals surface area (Å²) in [5.74, 6) is -1.04. The third-order valence-corrected chi connectivity index (χ3v) is 6.10. The maximum Gasteiger partial charge on any atom is 0.514 e. The SMILES string of the molecule is CCN(CC)C(=O)C(C#N)=Cc1cc(OC(=O)OC2CC3CCC2C3)c(O)c([N+](=O)[O-])c1. The van der Waals surface area contributed by atoms with Crippen molar-refractivity contribution in [2.45, 2.75) is 45.6 Å². The van der Waals surface area contributed by atoms with Crippen molar-refractivity contribution in [3.8, 4) is 17.6 Å². The molecule has 32 heavy (non-hydrogen) atoms. The van der Waals surface area contributed by atoms with Gasteiger partial charge in [-0.05, 0) is 69.1 Å². The normalized spacial score (nSPS) is 21.7. The monoisotopic (exact) mass is 443 g/mol. The highest BCUT2D eigenvalue weighted by Crippen LogP contribution is 2.46. The summed E-state index contributed by atoms with van der Waals surface area (Å²) < 4.78 is 10.5. The fourth-order valence-electron chi connectivity index (χ4n) is 4.47. The third kappa shape index (κ3) is 4.82. The van der Waals surface area contributed by atoms with E-state index in [1.165, 1.54) is 4.90 Å². The molecule has 2 fully saturated rings. The molecule has 1 aromatic carbocycles.